The lowest BCUT2D eigenvalue weighted by Gasteiger charge is -2.15. The van der Waals surface area contributed by atoms with Gasteiger partial charge in [-0.1, -0.05) is 6.08 Å². The Hall–Kier alpha value is -1.70. The molecule has 0 aromatic carbocycles. The summed E-state index contributed by atoms with van der Waals surface area (Å²) >= 11 is 1.54. The summed E-state index contributed by atoms with van der Waals surface area (Å²) < 4.78 is 0.915. The third kappa shape index (κ3) is 3.06. The minimum atomic E-state index is -0.442. The van der Waals surface area contributed by atoms with Crippen molar-refractivity contribution in [2.75, 3.05) is 30.4 Å². The van der Waals surface area contributed by atoms with Gasteiger partial charge in [-0.05, 0) is 17.9 Å². The molecule has 0 atom stereocenters. The Bertz CT molecular complexity index is 595. The second-order valence-electron chi connectivity index (χ2n) is 4.37. The Labute approximate surface area is 121 Å². The van der Waals surface area contributed by atoms with Crippen molar-refractivity contribution in [2.45, 2.75) is 13.0 Å². The van der Waals surface area contributed by atoms with Gasteiger partial charge in [-0.3, -0.25) is 0 Å². The summed E-state index contributed by atoms with van der Waals surface area (Å²) in [6.45, 7) is 5.87. The van der Waals surface area contributed by atoms with Gasteiger partial charge in [0.2, 0.25) is 5.95 Å². The van der Waals surface area contributed by atoms with Crippen LogP contribution in [0.2, 0.25) is 0 Å². The lowest BCUT2D eigenvalue weighted by atomic mass is 10.3. The van der Waals surface area contributed by atoms with E-state index in [1.165, 1.54) is 11.3 Å². The monoisotopic (exact) mass is 294 g/mol. The van der Waals surface area contributed by atoms with Crippen molar-refractivity contribution in [3.05, 3.63) is 23.6 Å². The molecule has 108 valence electrons. The summed E-state index contributed by atoms with van der Waals surface area (Å²) in [7, 11) is 0. The standard InChI is InChI=1S/C13H18N4O2S/c1-3-4-14-13-16-10-8(2)7-20-11(10)12(17-13)15-9(5-18)6-19/h3,7,9,18-19H,1,4-6H2,2H3,(H2,14,15,16,17). The van der Waals surface area contributed by atoms with E-state index in [4.69, 9.17) is 0 Å². The molecule has 0 saturated heterocycles. The van der Waals surface area contributed by atoms with Crippen LogP contribution in [0.3, 0.4) is 0 Å². The van der Waals surface area contributed by atoms with Gasteiger partial charge in [-0.2, -0.15) is 4.98 Å². The fourth-order valence-electron chi connectivity index (χ4n) is 1.72. The average Bonchev–Trinajstić information content (AvgIpc) is 2.84. The number of aliphatic hydroxyl groups excluding tert-OH is 2. The Morgan fingerprint density at radius 1 is 1.40 bits per heavy atom. The van der Waals surface area contributed by atoms with Crippen LogP contribution in [0.5, 0.6) is 0 Å². The fourth-order valence-corrected chi connectivity index (χ4v) is 2.66. The van der Waals surface area contributed by atoms with Gasteiger partial charge < -0.3 is 20.8 Å². The van der Waals surface area contributed by atoms with E-state index < -0.39 is 6.04 Å². The number of aromatic nitrogens is 2. The zero-order chi connectivity index (χ0) is 14.5. The topological polar surface area (TPSA) is 90.3 Å². The molecule has 7 heteroatoms. The van der Waals surface area contributed by atoms with Crippen molar-refractivity contribution < 1.29 is 10.2 Å². The molecule has 0 aliphatic rings. The van der Waals surface area contributed by atoms with Gasteiger partial charge in [0.05, 0.1) is 29.5 Å². The fraction of sp³-hybridized carbons (Fsp3) is 0.385. The van der Waals surface area contributed by atoms with Gasteiger partial charge in [0.15, 0.2) is 0 Å². The Balaban J connectivity index is 2.41. The molecular weight excluding hydrogens is 276 g/mol. The van der Waals surface area contributed by atoms with Gasteiger partial charge in [-0.25, -0.2) is 4.98 Å². The maximum atomic E-state index is 9.18. The van der Waals surface area contributed by atoms with E-state index in [0.29, 0.717) is 18.3 Å². The van der Waals surface area contributed by atoms with Gasteiger partial charge in [0.25, 0.3) is 0 Å². The minimum absolute atomic E-state index is 0.165. The number of nitrogens with one attached hydrogen (secondary N) is 2. The predicted octanol–water partition coefficient (Wildman–Crippen LogP) is 1.36. The van der Waals surface area contributed by atoms with Crippen LogP contribution in [-0.4, -0.2) is 46.0 Å². The molecule has 0 amide bonds. The highest BCUT2D eigenvalue weighted by Crippen LogP contribution is 2.30. The van der Waals surface area contributed by atoms with E-state index in [0.717, 1.165) is 15.8 Å². The molecule has 0 spiro atoms. The predicted molar refractivity (Wildman–Crippen MR) is 82.4 cm³/mol. The Morgan fingerprint density at radius 3 is 2.80 bits per heavy atom. The molecular formula is C13H18N4O2S. The molecule has 4 N–H and O–H groups in total. The van der Waals surface area contributed by atoms with E-state index in [9.17, 15) is 10.2 Å². The maximum absolute atomic E-state index is 9.18. The molecule has 6 nitrogen and oxygen atoms in total. The molecule has 0 radical (unpaired) electrons. The normalized spacial score (nSPS) is 11.0. The lowest BCUT2D eigenvalue weighted by molar-refractivity contribution is 0.203. The molecule has 2 aromatic rings. The Kier molecular flexibility index (Phi) is 4.89. The second kappa shape index (κ2) is 6.65. The van der Waals surface area contributed by atoms with Crippen LogP contribution in [0.15, 0.2) is 18.0 Å². The van der Waals surface area contributed by atoms with Crippen molar-refractivity contribution in [1.82, 2.24) is 9.97 Å². The van der Waals surface area contributed by atoms with Crippen LogP contribution in [-0.2, 0) is 0 Å². The summed E-state index contributed by atoms with van der Waals surface area (Å²) in [5.74, 6) is 1.11. The molecule has 0 unspecified atom stereocenters. The zero-order valence-electron chi connectivity index (χ0n) is 11.3. The third-order valence-corrected chi connectivity index (χ3v) is 3.87. The van der Waals surface area contributed by atoms with Crippen molar-refractivity contribution in [2.24, 2.45) is 0 Å². The zero-order valence-corrected chi connectivity index (χ0v) is 12.1. The number of anilines is 2. The maximum Gasteiger partial charge on any atom is 0.225 e. The van der Waals surface area contributed by atoms with Crippen LogP contribution in [0.4, 0.5) is 11.8 Å². The number of fused-ring (bicyclic) bond motifs is 1. The molecule has 0 fully saturated rings. The molecule has 2 heterocycles. The highest BCUT2D eigenvalue weighted by atomic mass is 32.1. The third-order valence-electron chi connectivity index (χ3n) is 2.78. The van der Waals surface area contributed by atoms with Crippen molar-refractivity contribution >= 4 is 33.3 Å². The summed E-state index contributed by atoms with van der Waals surface area (Å²) in [6, 6.07) is -0.442. The van der Waals surface area contributed by atoms with Crippen molar-refractivity contribution in [3.63, 3.8) is 0 Å². The van der Waals surface area contributed by atoms with Crippen LogP contribution >= 0.6 is 11.3 Å². The van der Waals surface area contributed by atoms with Crippen molar-refractivity contribution in [3.8, 4) is 0 Å². The second-order valence-corrected chi connectivity index (χ2v) is 5.25. The first-order chi connectivity index (χ1) is 9.69. The average molecular weight is 294 g/mol. The summed E-state index contributed by atoms with van der Waals surface area (Å²) in [5, 5.41) is 26.5. The highest BCUT2D eigenvalue weighted by Gasteiger charge is 2.14. The number of thiophene rings is 1. The first kappa shape index (κ1) is 14.7. The number of aliphatic hydroxyl groups is 2. The van der Waals surface area contributed by atoms with Gasteiger partial charge in [0.1, 0.15) is 5.82 Å². The van der Waals surface area contributed by atoms with Crippen LogP contribution < -0.4 is 10.6 Å². The van der Waals surface area contributed by atoms with Gasteiger partial charge in [-0.15, -0.1) is 17.9 Å². The van der Waals surface area contributed by atoms with Crippen LogP contribution in [0.1, 0.15) is 5.56 Å². The first-order valence-corrected chi connectivity index (χ1v) is 7.16. The summed E-state index contributed by atoms with van der Waals surface area (Å²) in [4.78, 5) is 8.86. The van der Waals surface area contributed by atoms with E-state index >= 15 is 0 Å². The number of nitrogens with zero attached hydrogens (tertiary/aromatic N) is 2. The smallest absolute Gasteiger partial charge is 0.225 e. The number of rotatable bonds is 7. The number of hydrogen-bond acceptors (Lipinski definition) is 7. The molecule has 2 rings (SSSR count). The molecule has 0 saturated carbocycles. The molecule has 20 heavy (non-hydrogen) atoms. The van der Waals surface area contributed by atoms with E-state index in [1.807, 2.05) is 12.3 Å². The molecule has 0 bridgehead atoms. The highest BCUT2D eigenvalue weighted by molar-refractivity contribution is 7.18. The van der Waals surface area contributed by atoms with Gasteiger partial charge >= 0.3 is 0 Å². The first-order valence-electron chi connectivity index (χ1n) is 6.28. The quantitative estimate of drug-likeness (QED) is 0.577. The van der Waals surface area contributed by atoms with E-state index in [1.54, 1.807) is 6.08 Å². The number of aryl methyl sites for hydroxylation is 1. The summed E-state index contributed by atoms with van der Waals surface area (Å²) in [6.07, 6.45) is 1.73. The Morgan fingerprint density at radius 2 is 2.15 bits per heavy atom. The largest absolute Gasteiger partial charge is 0.394 e. The molecule has 0 aliphatic heterocycles. The van der Waals surface area contributed by atoms with E-state index in [-0.39, 0.29) is 13.2 Å². The van der Waals surface area contributed by atoms with Crippen molar-refractivity contribution in [1.29, 1.82) is 0 Å². The molecule has 0 aliphatic carbocycles. The van der Waals surface area contributed by atoms with E-state index in [2.05, 4.69) is 27.2 Å². The van der Waals surface area contributed by atoms with Crippen LogP contribution in [0.25, 0.3) is 10.2 Å². The molecule has 2 aromatic heterocycles. The lowest BCUT2D eigenvalue weighted by Crippen LogP contribution is -2.28. The van der Waals surface area contributed by atoms with Crippen LogP contribution in [0, 0.1) is 6.92 Å². The number of hydrogen-bond donors (Lipinski definition) is 4. The SMILES string of the molecule is C=CCNc1nc(NC(CO)CO)c2scc(C)c2n1. The minimum Gasteiger partial charge on any atom is -0.394 e. The summed E-state index contributed by atoms with van der Waals surface area (Å²) in [5.41, 5.74) is 1.94. The van der Waals surface area contributed by atoms with Gasteiger partial charge in [0, 0.05) is 6.54 Å².